The largest absolute Gasteiger partial charge is 0.481 e. The van der Waals surface area contributed by atoms with Crippen LogP contribution in [-0.4, -0.2) is 35.7 Å². The zero-order valence-corrected chi connectivity index (χ0v) is 9.31. The zero-order chi connectivity index (χ0) is 10.2. The van der Waals surface area contributed by atoms with Crippen molar-refractivity contribution in [2.75, 3.05) is 24.6 Å². The third kappa shape index (κ3) is 5.50. The molecule has 0 radical (unpaired) electrons. The molecule has 2 N–H and O–H groups in total. The number of hydrogen-bond donors (Lipinski definition) is 2. The molecule has 1 atom stereocenters. The number of rotatable bonds is 7. The Kier molecular flexibility index (Phi) is 6.03. The molecule has 1 aliphatic rings. The molecular weight excluding hydrogens is 198 g/mol. The number of carbonyl (C=O) groups is 1. The molecule has 0 bridgehead atoms. The Labute approximate surface area is 89.6 Å². The van der Waals surface area contributed by atoms with Gasteiger partial charge in [-0.25, -0.2) is 0 Å². The van der Waals surface area contributed by atoms with Crippen LogP contribution in [0, 0.1) is 5.92 Å². The van der Waals surface area contributed by atoms with E-state index in [1.54, 1.807) is 0 Å². The molecule has 14 heavy (non-hydrogen) atoms. The van der Waals surface area contributed by atoms with Crippen LogP contribution in [0.1, 0.15) is 25.7 Å². The molecule has 1 fully saturated rings. The number of hydrogen-bond acceptors (Lipinski definition) is 3. The normalized spacial score (nSPS) is 21.3. The lowest BCUT2D eigenvalue weighted by Gasteiger charge is -2.09. The van der Waals surface area contributed by atoms with E-state index in [1.807, 2.05) is 11.8 Å². The summed E-state index contributed by atoms with van der Waals surface area (Å²) in [5.41, 5.74) is 0. The second kappa shape index (κ2) is 7.12. The molecule has 1 heterocycles. The molecule has 0 saturated carbocycles. The summed E-state index contributed by atoms with van der Waals surface area (Å²) in [6.45, 7) is 2.08. The van der Waals surface area contributed by atoms with Gasteiger partial charge in [0.25, 0.3) is 0 Å². The third-order valence-electron chi connectivity index (χ3n) is 2.45. The van der Waals surface area contributed by atoms with Crippen LogP contribution in [0.4, 0.5) is 0 Å². The SMILES string of the molecule is O=C(O)CCCCNCC1CCSC1. The van der Waals surface area contributed by atoms with Crippen molar-refractivity contribution in [2.24, 2.45) is 5.92 Å². The molecule has 0 aromatic heterocycles. The van der Waals surface area contributed by atoms with Gasteiger partial charge in [0.15, 0.2) is 0 Å². The van der Waals surface area contributed by atoms with Crippen LogP contribution < -0.4 is 5.32 Å². The Morgan fingerprint density at radius 3 is 3.00 bits per heavy atom. The number of unbranched alkanes of at least 4 members (excludes halogenated alkanes) is 1. The van der Waals surface area contributed by atoms with E-state index < -0.39 is 5.97 Å². The summed E-state index contributed by atoms with van der Waals surface area (Å²) < 4.78 is 0. The van der Waals surface area contributed by atoms with Gasteiger partial charge < -0.3 is 10.4 Å². The first-order chi connectivity index (χ1) is 6.79. The van der Waals surface area contributed by atoms with Gasteiger partial charge in [0.2, 0.25) is 0 Å². The van der Waals surface area contributed by atoms with Crippen molar-refractivity contribution in [3.05, 3.63) is 0 Å². The van der Waals surface area contributed by atoms with Crippen molar-refractivity contribution in [3.63, 3.8) is 0 Å². The highest BCUT2D eigenvalue weighted by Gasteiger charge is 2.14. The number of thioether (sulfide) groups is 1. The fourth-order valence-corrected chi connectivity index (χ4v) is 2.86. The van der Waals surface area contributed by atoms with Crippen molar-refractivity contribution in [3.8, 4) is 0 Å². The second-order valence-electron chi connectivity index (χ2n) is 3.78. The predicted octanol–water partition coefficient (Wildman–Crippen LogP) is 1.58. The quantitative estimate of drug-likeness (QED) is 0.636. The van der Waals surface area contributed by atoms with Gasteiger partial charge in [0, 0.05) is 6.42 Å². The van der Waals surface area contributed by atoms with Crippen LogP contribution in [0.2, 0.25) is 0 Å². The Morgan fingerprint density at radius 1 is 1.50 bits per heavy atom. The van der Waals surface area contributed by atoms with E-state index in [0.29, 0.717) is 6.42 Å². The summed E-state index contributed by atoms with van der Waals surface area (Å²) in [7, 11) is 0. The highest BCUT2D eigenvalue weighted by Crippen LogP contribution is 2.22. The highest BCUT2D eigenvalue weighted by molar-refractivity contribution is 7.99. The molecular formula is C10H19NO2S. The van der Waals surface area contributed by atoms with E-state index in [1.165, 1.54) is 17.9 Å². The van der Waals surface area contributed by atoms with Gasteiger partial charge in [-0.2, -0.15) is 11.8 Å². The van der Waals surface area contributed by atoms with Crippen molar-refractivity contribution in [1.29, 1.82) is 0 Å². The highest BCUT2D eigenvalue weighted by atomic mass is 32.2. The molecule has 1 aliphatic heterocycles. The van der Waals surface area contributed by atoms with Crippen molar-refractivity contribution in [1.82, 2.24) is 5.32 Å². The Morgan fingerprint density at radius 2 is 2.36 bits per heavy atom. The van der Waals surface area contributed by atoms with E-state index in [-0.39, 0.29) is 0 Å². The van der Waals surface area contributed by atoms with Crippen LogP contribution in [0.25, 0.3) is 0 Å². The lowest BCUT2D eigenvalue weighted by Crippen LogP contribution is -2.23. The minimum Gasteiger partial charge on any atom is -0.481 e. The summed E-state index contributed by atoms with van der Waals surface area (Å²) in [5, 5.41) is 11.8. The van der Waals surface area contributed by atoms with Gasteiger partial charge in [0.05, 0.1) is 0 Å². The van der Waals surface area contributed by atoms with E-state index in [9.17, 15) is 4.79 Å². The fraction of sp³-hybridized carbons (Fsp3) is 0.900. The molecule has 4 heteroatoms. The van der Waals surface area contributed by atoms with Gasteiger partial charge in [0.1, 0.15) is 0 Å². The topological polar surface area (TPSA) is 49.3 Å². The molecule has 0 spiro atoms. The second-order valence-corrected chi connectivity index (χ2v) is 4.93. The lowest BCUT2D eigenvalue weighted by atomic mass is 10.1. The summed E-state index contributed by atoms with van der Waals surface area (Å²) in [6, 6.07) is 0. The minimum atomic E-state index is -0.683. The average Bonchev–Trinajstić information content (AvgIpc) is 2.63. The smallest absolute Gasteiger partial charge is 0.303 e. The first kappa shape index (κ1) is 11.9. The molecule has 1 rings (SSSR count). The van der Waals surface area contributed by atoms with Crippen LogP contribution in [-0.2, 0) is 4.79 Å². The van der Waals surface area contributed by atoms with E-state index in [2.05, 4.69) is 5.32 Å². The number of carboxylic acids is 1. The van der Waals surface area contributed by atoms with Gasteiger partial charge >= 0.3 is 5.97 Å². The monoisotopic (exact) mass is 217 g/mol. The summed E-state index contributed by atoms with van der Waals surface area (Å²) in [5.74, 6) is 2.77. The summed E-state index contributed by atoms with van der Waals surface area (Å²) >= 11 is 2.04. The maximum absolute atomic E-state index is 10.2. The molecule has 1 saturated heterocycles. The third-order valence-corrected chi connectivity index (χ3v) is 3.68. The number of carboxylic acid groups (broad SMARTS) is 1. The summed E-state index contributed by atoms with van der Waals surface area (Å²) in [6.07, 6.45) is 3.42. The van der Waals surface area contributed by atoms with Gasteiger partial charge in [-0.3, -0.25) is 4.79 Å². The van der Waals surface area contributed by atoms with Crippen LogP contribution in [0.15, 0.2) is 0 Å². The molecule has 0 aliphatic carbocycles. The molecule has 0 aromatic carbocycles. The molecule has 82 valence electrons. The maximum Gasteiger partial charge on any atom is 0.303 e. The number of nitrogens with one attached hydrogen (secondary N) is 1. The van der Waals surface area contributed by atoms with Crippen molar-refractivity contribution in [2.45, 2.75) is 25.7 Å². The van der Waals surface area contributed by atoms with Gasteiger partial charge in [-0.15, -0.1) is 0 Å². The zero-order valence-electron chi connectivity index (χ0n) is 8.50. The average molecular weight is 217 g/mol. The van der Waals surface area contributed by atoms with Gasteiger partial charge in [-0.05, 0) is 49.8 Å². The van der Waals surface area contributed by atoms with Crippen molar-refractivity contribution >= 4 is 17.7 Å². The Bertz CT molecular complexity index is 170. The first-order valence-electron chi connectivity index (χ1n) is 5.29. The predicted molar refractivity (Wildman–Crippen MR) is 59.8 cm³/mol. The van der Waals surface area contributed by atoms with Crippen LogP contribution in [0.3, 0.4) is 0 Å². The molecule has 0 amide bonds. The fourth-order valence-electron chi connectivity index (χ4n) is 1.58. The van der Waals surface area contributed by atoms with E-state index >= 15 is 0 Å². The summed E-state index contributed by atoms with van der Waals surface area (Å²) in [4.78, 5) is 10.2. The Hall–Kier alpha value is -0.220. The number of aliphatic carboxylic acids is 1. The van der Waals surface area contributed by atoms with E-state index in [4.69, 9.17) is 5.11 Å². The van der Waals surface area contributed by atoms with Crippen LogP contribution in [0.5, 0.6) is 0 Å². The van der Waals surface area contributed by atoms with Gasteiger partial charge in [-0.1, -0.05) is 0 Å². The lowest BCUT2D eigenvalue weighted by molar-refractivity contribution is -0.137. The van der Waals surface area contributed by atoms with E-state index in [0.717, 1.165) is 31.8 Å². The maximum atomic E-state index is 10.2. The Balaban J connectivity index is 1.82. The van der Waals surface area contributed by atoms with Crippen LogP contribution >= 0.6 is 11.8 Å². The van der Waals surface area contributed by atoms with Crippen molar-refractivity contribution < 1.29 is 9.90 Å². The first-order valence-corrected chi connectivity index (χ1v) is 6.45. The standard InChI is InChI=1S/C10H19NO2S/c12-10(13)3-1-2-5-11-7-9-4-6-14-8-9/h9,11H,1-8H2,(H,12,13). The minimum absolute atomic E-state index is 0.307. The molecule has 0 aromatic rings. The molecule has 1 unspecified atom stereocenters. The molecule has 3 nitrogen and oxygen atoms in total.